The summed E-state index contributed by atoms with van der Waals surface area (Å²) in [7, 11) is 0. The smallest absolute Gasteiger partial charge is 0.258 e. The molecule has 0 unspecified atom stereocenters. The van der Waals surface area contributed by atoms with Gasteiger partial charge in [-0.05, 0) is 73.5 Å². The molecule has 3 aromatic carbocycles. The van der Waals surface area contributed by atoms with Gasteiger partial charge in [0.05, 0.1) is 17.9 Å². The van der Waals surface area contributed by atoms with Crippen molar-refractivity contribution in [2.75, 3.05) is 15.5 Å². The van der Waals surface area contributed by atoms with Crippen LogP contribution >= 0.6 is 0 Å². The minimum absolute atomic E-state index is 0.160. The fourth-order valence-electron chi connectivity index (χ4n) is 4.22. The van der Waals surface area contributed by atoms with Gasteiger partial charge in [0, 0.05) is 28.6 Å². The van der Waals surface area contributed by atoms with Gasteiger partial charge in [-0.2, -0.15) is 0 Å². The van der Waals surface area contributed by atoms with Gasteiger partial charge in [0.1, 0.15) is 11.6 Å². The van der Waals surface area contributed by atoms with Crippen LogP contribution in [0.4, 0.5) is 27.3 Å². The number of carbonyl (C=O) groups excluding carboxylic acids is 2. The maximum Gasteiger partial charge on any atom is 0.258 e. The van der Waals surface area contributed by atoms with Crippen LogP contribution in [-0.4, -0.2) is 16.8 Å². The van der Waals surface area contributed by atoms with Crippen molar-refractivity contribution >= 4 is 34.7 Å². The second-order valence-corrected chi connectivity index (χ2v) is 8.49. The maximum atomic E-state index is 13.7. The molecule has 4 aromatic rings. The van der Waals surface area contributed by atoms with E-state index in [2.05, 4.69) is 15.6 Å². The number of pyridine rings is 1. The Morgan fingerprint density at radius 1 is 0.943 bits per heavy atom. The van der Waals surface area contributed by atoms with E-state index in [0.717, 1.165) is 22.8 Å². The SMILES string of the molecule is Cc1ccc(F)cc1C(=O)Nc1ccc(C(=O)N2Cc3cccnc3Nc3ccccc32)c(C)c1. The van der Waals surface area contributed by atoms with Crippen LogP contribution in [0.25, 0.3) is 0 Å². The summed E-state index contributed by atoms with van der Waals surface area (Å²) in [6, 6.07) is 20.7. The molecule has 0 fully saturated rings. The molecule has 0 atom stereocenters. The number of nitrogens with zero attached hydrogens (tertiary/aromatic N) is 2. The van der Waals surface area contributed by atoms with E-state index in [-0.39, 0.29) is 11.5 Å². The summed E-state index contributed by atoms with van der Waals surface area (Å²) >= 11 is 0. The van der Waals surface area contributed by atoms with Gasteiger partial charge in [-0.1, -0.05) is 24.3 Å². The first-order chi connectivity index (χ1) is 16.9. The highest BCUT2D eigenvalue weighted by Crippen LogP contribution is 2.35. The molecule has 1 aliphatic rings. The van der Waals surface area contributed by atoms with E-state index in [1.807, 2.05) is 43.3 Å². The Labute approximate surface area is 202 Å². The van der Waals surface area contributed by atoms with E-state index in [9.17, 15) is 14.0 Å². The van der Waals surface area contributed by atoms with Crippen LogP contribution in [0.15, 0.2) is 79.0 Å². The van der Waals surface area contributed by atoms with Gasteiger partial charge in [0.25, 0.3) is 11.8 Å². The van der Waals surface area contributed by atoms with Crippen LogP contribution in [0, 0.1) is 19.7 Å². The lowest BCUT2D eigenvalue weighted by Gasteiger charge is -2.23. The minimum Gasteiger partial charge on any atom is -0.338 e. The molecule has 2 heterocycles. The van der Waals surface area contributed by atoms with Gasteiger partial charge in [0.15, 0.2) is 0 Å². The van der Waals surface area contributed by atoms with E-state index in [0.29, 0.717) is 28.9 Å². The van der Waals surface area contributed by atoms with Gasteiger partial charge in [0.2, 0.25) is 0 Å². The van der Waals surface area contributed by atoms with Crippen LogP contribution < -0.4 is 15.5 Å². The predicted molar refractivity (Wildman–Crippen MR) is 135 cm³/mol. The number of halogens is 1. The highest BCUT2D eigenvalue weighted by atomic mass is 19.1. The Balaban J connectivity index is 1.44. The number of fused-ring (bicyclic) bond motifs is 2. The Hall–Kier alpha value is -4.52. The Morgan fingerprint density at radius 3 is 2.60 bits per heavy atom. The summed E-state index contributed by atoms with van der Waals surface area (Å²) in [6.07, 6.45) is 1.72. The molecule has 2 amide bonds. The number of aromatic nitrogens is 1. The van der Waals surface area contributed by atoms with Crippen molar-refractivity contribution in [1.29, 1.82) is 0 Å². The molecule has 0 saturated heterocycles. The number of hydrogen-bond acceptors (Lipinski definition) is 4. The lowest BCUT2D eigenvalue weighted by molar-refractivity contribution is 0.0983. The number of rotatable bonds is 3. The third-order valence-corrected chi connectivity index (χ3v) is 6.07. The summed E-state index contributed by atoms with van der Waals surface area (Å²) in [5, 5.41) is 6.13. The molecule has 6 nitrogen and oxygen atoms in total. The zero-order valence-corrected chi connectivity index (χ0v) is 19.3. The fourth-order valence-corrected chi connectivity index (χ4v) is 4.22. The standard InChI is InChI=1S/C28H23FN4O2/c1-17-9-10-20(29)15-23(17)27(34)31-21-11-12-22(18(2)14-21)28(35)33-16-19-6-5-13-30-26(19)32-24-7-3-4-8-25(24)33/h3-15H,16H2,1-2H3,(H,30,32)(H,31,34). The van der Waals surface area contributed by atoms with Crippen molar-refractivity contribution in [2.45, 2.75) is 20.4 Å². The van der Waals surface area contributed by atoms with Crippen molar-refractivity contribution in [2.24, 2.45) is 0 Å². The Kier molecular flexibility index (Phi) is 5.74. The Bertz CT molecular complexity index is 1470. The van der Waals surface area contributed by atoms with Gasteiger partial charge < -0.3 is 15.5 Å². The van der Waals surface area contributed by atoms with Crippen molar-refractivity contribution < 1.29 is 14.0 Å². The average Bonchev–Trinajstić information content (AvgIpc) is 3.02. The average molecular weight is 467 g/mol. The Morgan fingerprint density at radius 2 is 1.77 bits per heavy atom. The largest absolute Gasteiger partial charge is 0.338 e. The van der Waals surface area contributed by atoms with Crippen LogP contribution in [0.2, 0.25) is 0 Å². The first-order valence-electron chi connectivity index (χ1n) is 11.2. The third-order valence-electron chi connectivity index (χ3n) is 6.07. The topological polar surface area (TPSA) is 74.3 Å². The van der Waals surface area contributed by atoms with E-state index in [1.54, 1.807) is 42.3 Å². The lowest BCUT2D eigenvalue weighted by Crippen LogP contribution is -2.30. The van der Waals surface area contributed by atoms with E-state index in [4.69, 9.17) is 0 Å². The summed E-state index contributed by atoms with van der Waals surface area (Å²) in [6.45, 7) is 3.94. The van der Waals surface area contributed by atoms with Gasteiger partial charge in [-0.15, -0.1) is 0 Å². The number of carbonyl (C=O) groups is 2. The highest BCUT2D eigenvalue weighted by molar-refractivity contribution is 6.10. The van der Waals surface area contributed by atoms with E-state index >= 15 is 0 Å². The molecule has 0 bridgehead atoms. The van der Waals surface area contributed by atoms with Crippen LogP contribution in [0.1, 0.15) is 37.4 Å². The lowest BCUT2D eigenvalue weighted by atomic mass is 10.0. The molecule has 2 N–H and O–H groups in total. The number of aryl methyl sites for hydroxylation is 2. The minimum atomic E-state index is -0.470. The molecule has 1 aliphatic heterocycles. The number of hydrogen-bond donors (Lipinski definition) is 2. The van der Waals surface area contributed by atoms with Crippen molar-refractivity contribution in [3.63, 3.8) is 0 Å². The van der Waals surface area contributed by atoms with Crippen LogP contribution in [0.5, 0.6) is 0 Å². The van der Waals surface area contributed by atoms with Crippen LogP contribution in [-0.2, 0) is 6.54 Å². The molecule has 7 heteroatoms. The molecule has 0 saturated carbocycles. The van der Waals surface area contributed by atoms with Crippen molar-refractivity contribution in [3.05, 3.63) is 113 Å². The molecular weight excluding hydrogens is 443 g/mol. The van der Waals surface area contributed by atoms with E-state index < -0.39 is 11.7 Å². The normalized spacial score (nSPS) is 12.1. The quantitative estimate of drug-likeness (QED) is 0.389. The molecule has 0 aliphatic carbocycles. The zero-order valence-electron chi connectivity index (χ0n) is 19.3. The number of nitrogens with one attached hydrogen (secondary N) is 2. The summed E-state index contributed by atoms with van der Waals surface area (Å²) in [4.78, 5) is 32.6. The molecule has 5 rings (SSSR count). The molecule has 1 aromatic heterocycles. The second kappa shape index (κ2) is 9.02. The van der Waals surface area contributed by atoms with Gasteiger partial charge >= 0.3 is 0 Å². The monoisotopic (exact) mass is 466 g/mol. The fraction of sp³-hybridized carbons (Fsp3) is 0.107. The molecule has 174 valence electrons. The van der Waals surface area contributed by atoms with Crippen molar-refractivity contribution in [3.8, 4) is 0 Å². The third kappa shape index (κ3) is 4.36. The van der Waals surface area contributed by atoms with Crippen molar-refractivity contribution in [1.82, 2.24) is 4.98 Å². The second-order valence-electron chi connectivity index (χ2n) is 8.49. The number of anilines is 4. The molecule has 0 spiro atoms. The maximum absolute atomic E-state index is 13.7. The highest BCUT2D eigenvalue weighted by Gasteiger charge is 2.26. The zero-order chi connectivity index (χ0) is 24.5. The first-order valence-corrected chi connectivity index (χ1v) is 11.2. The first kappa shape index (κ1) is 22.3. The van der Waals surface area contributed by atoms with Crippen LogP contribution in [0.3, 0.4) is 0 Å². The van der Waals surface area contributed by atoms with Gasteiger partial charge in [-0.3, -0.25) is 9.59 Å². The predicted octanol–water partition coefficient (Wildman–Crippen LogP) is 5.99. The molecular formula is C28H23FN4O2. The van der Waals surface area contributed by atoms with E-state index in [1.165, 1.54) is 12.1 Å². The summed E-state index contributed by atoms with van der Waals surface area (Å²) < 4.78 is 13.6. The molecule has 35 heavy (non-hydrogen) atoms. The number of para-hydroxylation sites is 2. The summed E-state index contributed by atoms with van der Waals surface area (Å²) in [5.74, 6) is -0.316. The molecule has 0 radical (unpaired) electrons. The summed E-state index contributed by atoms with van der Waals surface area (Å²) in [5.41, 5.74) is 5.17. The number of amides is 2. The van der Waals surface area contributed by atoms with Gasteiger partial charge in [-0.25, -0.2) is 9.37 Å². The number of benzene rings is 3.